The molecule has 3 atom stereocenters. The smallest absolute Gasteiger partial charge is 0.0900 e. The summed E-state index contributed by atoms with van der Waals surface area (Å²) in [5.74, 6) is 0. The van der Waals surface area contributed by atoms with Crippen molar-refractivity contribution in [2.45, 2.75) is 44.4 Å². The molecule has 0 amide bonds. The van der Waals surface area contributed by atoms with E-state index in [0.29, 0.717) is 25.8 Å². The number of likely N-dealkylation sites (N-methyl/N-ethyl adjacent to an activating group) is 1. The van der Waals surface area contributed by atoms with Gasteiger partial charge in [0.2, 0.25) is 0 Å². The van der Waals surface area contributed by atoms with Crippen molar-refractivity contribution in [3.63, 3.8) is 0 Å². The first-order chi connectivity index (χ1) is 9.11. The van der Waals surface area contributed by atoms with E-state index in [1.54, 1.807) is 7.11 Å². The Kier molecular flexibility index (Phi) is 8.57. The Labute approximate surface area is 117 Å². The Morgan fingerprint density at radius 1 is 1.37 bits per heavy atom. The number of nitrogens with zero attached hydrogens (tertiary/aromatic N) is 1. The molecular formula is C14H30N2O3. The van der Waals surface area contributed by atoms with Crippen LogP contribution < -0.4 is 5.32 Å². The van der Waals surface area contributed by atoms with E-state index in [0.717, 1.165) is 13.1 Å². The summed E-state index contributed by atoms with van der Waals surface area (Å²) in [7, 11) is 3.71. The molecule has 1 heterocycles. The van der Waals surface area contributed by atoms with Crippen LogP contribution in [0.25, 0.3) is 0 Å². The first kappa shape index (κ1) is 16.9. The van der Waals surface area contributed by atoms with Crippen LogP contribution in [-0.4, -0.2) is 75.3 Å². The molecule has 1 aliphatic rings. The van der Waals surface area contributed by atoms with Crippen molar-refractivity contribution in [2.75, 3.05) is 47.0 Å². The molecule has 2 N–H and O–H groups in total. The lowest BCUT2D eigenvalue weighted by Crippen LogP contribution is -2.44. The molecule has 1 rings (SSSR count). The standard InChI is InChI=1S/C14H30N2O3/c1-12(10-18-3)19-11-14(17)9-16(2)8-13-6-4-5-7-15-13/h12-15,17H,4-11H2,1-3H3. The molecule has 19 heavy (non-hydrogen) atoms. The second kappa shape index (κ2) is 9.66. The topological polar surface area (TPSA) is 54.0 Å². The number of piperidine rings is 1. The molecule has 5 nitrogen and oxygen atoms in total. The largest absolute Gasteiger partial charge is 0.389 e. The fourth-order valence-corrected chi connectivity index (χ4v) is 2.50. The average molecular weight is 274 g/mol. The van der Waals surface area contributed by atoms with Gasteiger partial charge in [0.05, 0.1) is 25.4 Å². The molecule has 3 unspecified atom stereocenters. The Morgan fingerprint density at radius 3 is 2.79 bits per heavy atom. The van der Waals surface area contributed by atoms with Gasteiger partial charge in [0.15, 0.2) is 0 Å². The van der Waals surface area contributed by atoms with Crippen LogP contribution in [0.4, 0.5) is 0 Å². The number of methoxy groups -OCH3 is 1. The SMILES string of the molecule is COCC(C)OCC(O)CN(C)CC1CCCCN1. The van der Waals surface area contributed by atoms with Crippen LogP contribution in [-0.2, 0) is 9.47 Å². The summed E-state index contributed by atoms with van der Waals surface area (Å²) in [5.41, 5.74) is 0. The lowest BCUT2D eigenvalue weighted by molar-refractivity contribution is -0.0385. The normalized spacial score (nSPS) is 23.5. The maximum absolute atomic E-state index is 9.94. The monoisotopic (exact) mass is 274 g/mol. The van der Waals surface area contributed by atoms with Gasteiger partial charge in [-0.2, -0.15) is 0 Å². The van der Waals surface area contributed by atoms with E-state index in [4.69, 9.17) is 9.47 Å². The summed E-state index contributed by atoms with van der Waals surface area (Å²) in [6.07, 6.45) is 3.43. The maximum Gasteiger partial charge on any atom is 0.0900 e. The maximum atomic E-state index is 9.94. The molecule has 0 aromatic rings. The van der Waals surface area contributed by atoms with Gasteiger partial charge in [-0.1, -0.05) is 6.42 Å². The Bertz CT molecular complexity index is 223. The summed E-state index contributed by atoms with van der Waals surface area (Å²) in [4.78, 5) is 2.18. The van der Waals surface area contributed by atoms with Crippen molar-refractivity contribution in [2.24, 2.45) is 0 Å². The number of nitrogens with one attached hydrogen (secondary N) is 1. The molecule has 0 aliphatic carbocycles. The van der Waals surface area contributed by atoms with E-state index in [1.165, 1.54) is 19.3 Å². The van der Waals surface area contributed by atoms with Gasteiger partial charge in [-0.3, -0.25) is 0 Å². The van der Waals surface area contributed by atoms with Crippen LogP contribution in [0.1, 0.15) is 26.2 Å². The van der Waals surface area contributed by atoms with E-state index in [-0.39, 0.29) is 6.10 Å². The molecule has 0 aromatic heterocycles. The second-order valence-electron chi connectivity index (χ2n) is 5.62. The highest BCUT2D eigenvalue weighted by atomic mass is 16.5. The third-order valence-corrected chi connectivity index (χ3v) is 3.44. The molecule has 1 saturated heterocycles. The molecule has 0 spiro atoms. The highest BCUT2D eigenvalue weighted by Gasteiger charge is 2.16. The zero-order valence-corrected chi connectivity index (χ0v) is 12.6. The molecule has 0 radical (unpaired) electrons. The molecule has 114 valence electrons. The first-order valence-corrected chi connectivity index (χ1v) is 7.32. The van der Waals surface area contributed by atoms with Crippen molar-refractivity contribution in [1.29, 1.82) is 0 Å². The minimum Gasteiger partial charge on any atom is -0.389 e. The Balaban J connectivity index is 2.10. The van der Waals surface area contributed by atoms with E-state index in [1.807, 2.05) is 6.92 Å². The Hall–Kier alpha value is -0.200. The lowest BCUT2D eigenvalue weighted by Gasteiger charge is -2.29. The van der Waals surface area contributed by atoms with Gasteiger partial charge in [0, 0.05) is 26.2 Å². The van der Waals surface area contributed by atoms with E-state index < -0.39 is 6.10 Å². The van der Waals surface area contributed by atoms with Crippen LogP contribution in [0, 0.1) is 0 Å². The van der Waals surface area contributed by atoms with Gasteiger partial charge in [-0.25, -0.2) is 0 Å². The first-order valence-electron chi connectivity index (χ1n) is 7.32. The molecule has 0 bridgehead atoms. The van der Waals surface area contributed by atoms with Gasteiger partial charge in [0.1, 0.15) is 0 Å². The van der Waals surface area contributed by atoms with Gasteiger partial charge in [-0.05, 0) is 33.4 Å². The summed E-state index contributed by atoms with van der Waals surface area (Å²) < 4.78 is 10.5. The fourth-order valence-electron chi connectivity index (χ4n) is 2.50. The zero-order valence-electron chi connectivity index (χ0n) is 12.6. The molecule has 5 heteroatoms. The summed E-state index contributed by atoms with van der Waals surface area (Å²) in [6.45, 7) is 5.65. The van der Waals surface area contributed by atoms with Crippen LogP contribution in [0.5, 0.6) is 0 Å². The minimum absolute atomic E-state index is 0.0324. The quantitative estimate of drug-likeness (QED) is 0.640. The van der Waals surface area contributed by atoms with Gasteiger partial charge >= 0.3 is 0 Å². The van der Waals surface area contributed by atoms with Crippen molar-refractivity contribution in [3.8, 4) is 0 Å². The third-order valence-electron chi connectivity index (χ3n) is 3.44. The average Bonchev–Trinajstić information content (AvgIpc) is 2.38. The van der Waals surface area contributed by atoms with Crippen LogP contribution >= 0.6 is 0 Å². The van der Waals surface area contributed by atoms with Crippen LogP contribution in [0.15, 0.2) is 0 Å². The van der Waals surface area contributed by atoms with E-state index >= 15 is 0 Å². The predicted octanol–water partition coefficient (Wildman–Crippen LogP) is 0.473. The second-order valence-corrected chi connectivity index (χ2v) is 5.62. The van der Waals surface area contributed by atoms with E-state index in [9.17, 15) is 5.11 Å². The van der Waals surface area contributed by atoms with Crippen molar-refractivity contribution in [3.05, 3.63) is 0 Å². The summed E-state index contributed by atoms with van der Waals surface area (Å²) >= 11 is 0. The number of hydrogen-bond donors (Lipinski definition) is 2. The molecule has 0 saturated carbocycles. The number of aliphatic hydroxyl groups excluding tert-OH is 1. The third kappa shape index (κ3) is 7.84. The lowest BCUT2D eigenvalue weighted by atomic mass is 10.0. The highest BCUT2D eigenvalue weighted by Crippen LogP contribution is 2.08. The van der Waals surface area contributed by atoms with Crippen LogP contribution in [0.3, 0.4) is 0 Å². The van der Waals surface area contributed by atoms with Crippen molar-refractivity contribution >= 4 is 0 Å². The fraction of sp³-hybridized carbons (Fsp3) is 1.00. The molecule has 0 aromatic carbocycles. The zero-order chi connectivity index (χ0) is 14.1. The highest BCUT2D eigenvalue weighted by molar-refractivity contribution is 4.76. The van der Waals surface area contributed by atoms with Crippen molar-refractivity contribution in [1.82, 2.24) is 10.2 Å². The molecular weight excluding hydrogens is 244 g/mol. The van der Waals surface area contributed by atoms with Crippen molar-refractivity contribution < 1.29 is 14.6 Å². The van der Waals surface area contributed by atoms with Gasteiger partial charge < -0.3 is 24.8 Å². The van der Waals surface area contributed by atoms with Gasteiger partial charge in [0.25, 0.3) is 0 Å². The minimum atomic E-state index is -0.437. The van der Waals surface area contributed by atoms with Crippen LogP contribution in [0.2, 0.25) is 0 Å². The van der Waals surface area contributed by atoms with Gasteiger partial charge in [-0.15, -0.1) is 0 Å². The number of hydrogen-bond acceptors (Lipinski definition) is 5. The molecule has 1 aliphatic heterocycles. The predicted molar refractivity (Wildman–Crippen MR) is 76.4 cm³/mol. The summed E-state index contributed by atoms with van der Waals surface area (Å²) in [5, 5.41) is 13.5. The number of rotatable bonds is 9. The number of ether oxygens (including phenoxy) is 2. The van der Waals surface area contributed by atoms with E-state index in [2.05, 4.69) is 17.3 Å². The summed E-state index contributed by atoms with van der Waals surface area (Å²) in [6, 6.07) is 0.569. The number of aliphatic hydroxyl groups is 1. The molecule has 1 fully saturated rings. The Morgan fingerprint density at radius 2 is 2.16 bits per heavy atom.